The lowest BCUT2D eigenvalue weighted by Crippen LogP contribution is -2.45. The van der Waals surface area contributed by atoms with E-state index in [0.717, 1.165) is 25.9 Å². The van der Waals surface area contributed by atoms with Crippen molar-refractivity contribution in [2.75, 3.05) is 18.1 Å². The molecule has 116 valence electrons. The van der Waals surface area contributed by atoms with Crippen LogP contribution in [0.5, 0.6) is 0 Å². The highest BCUT2D eigenvalue weighted by atomic mass is 32.2. The van der Waals surface area contributed by atoms with Crippen LogP contribution in [0, 0.1) is 12.8 Å². The average Bonchev–Trinajstić information content (AvgIpc) is 2.94. The third-order valence-electron chi connectivity index (χ3n) is 5.09. The van der Waals surface area contributed by atoms with Crippen molar-refractivity contribution >= 4 is 11.8 Å². The van der Waals surface area contributed by atoms with Crippen LogP contribution >= 0.6 is 11.8 Å². The fraction of sp³-hybridized carbons (Fsp3) is 0.667. The first-order valence-electron chi connectivity index (χ1n) is 8.20. The van der Waals surface area contributed by atoms with Gasteiger partial charge >= 0.3 is 0 Å². The van der Waals surface area contributed by atoms with E-state index in [1.807, 2.05) is 11.8 Å². The van der Waals surface area contributed by atoms with Crippen molar-refractivity contribution < 1.29 is 4.74 Å². The van der Waals surface area contributed by atoms with Gasteiger partial charge in [-0.05, 0) is 56.3 Å². The van der Waals surface area contributed by atoms with Gasteiger partial charge in [-0.25, -0.2) is 0 Å². The van der Waals surface area contributed by atoms with Gasteiger partial charge in [-0.1, -0.05) is 29.8 Å². The zero-order chi connectivity index (χ0) is 14.7. The van der Waals surface area contributed by atoms with Crippen molar-refractivity contribution in [3.8, 4) is 0 Å². The summed E-state index contributed by atoms with van der Waals surface area (Å²) in [4.78, 5) is 0. The molecule has 2 aliphatic heterocycles. The van der Waals surface area contributed by atoms with Crippen LogP contribution in [0.4, 0.5) is 0 Å². The molecular weight excluding hydrogens is 278 g/mol. The third kappa shape index (κ3) is 3.82. The molecule has 3 unspecified atom stereocenters. The van der Waals surface area contributed by atoms with Gasteiger partial charge in [0.2, 0.25) is 0 Å². The topological polar surface area (TPSA) is 35.2 Å². The van der Waals surface area contributed by atoms with E-state index < -0.39 is 0 Å². The number of benzene rings is 1. The van der Waals surface area contributed by atoms with E-state index in [9.17, 15) is 0 Å². The normalized spacial score (nSPS) is 30.7. The summed E-state index contributed by atoms with van der Waals surface area (Å²) in [6, 6.07) is 9.18. The van der Waals surface area contributed by atoms with Crippen LogP contribution in [0.25, 0.3) is 0 Å². The van der Waals surface area contributed by atoms with Crippen molar-refractivity contribution in [2.45, 2.75) is 50.7 Å². The summed E-state index contributed by atoms with van der Waals surface area (Å²) >= 11 is 2.04. The number of thioether (sulfide) groups is 1. The molecule has 1 aromatic rings. The van der Waals surface area contributed by atoms with Gasteiger partial charge in [0.25, 0.3) is 0 Å². The molecule has 2 nitrogen and oxygen atoms in total. The minimum Gasteiger partial charge on any atom is -0.374 e. The molecule has 0 bridgehead atoms. The van der Waals surface area contributed by atoms with E-state index in [1.165, 1.54) is 35.5 Å². The molecule has 1 aromatic carbocycles. The van der Waals surface area contributed by atoms with Crippen LogP contribution in [0.1, 0.15) is 36.8 Å². The maximum Gasteiger partial charge on any atom is 0.0783 e. The van der Waals surface area contributed by atoms with E-state index >= 15 is 0 Å². The Kier molecular flexibility index (Phi) is 4.92. The smallest absolute Gasteiger partial charge is 0.0783 e. The lowest BCUT2D eigenvalue weighted by Gasteiger charge is -2.40. The zero-order valence-electron chi connectivity index (χ0n) is 13.0. The Morgan fingerprint density at radius 3 is 2.90 bits per heavy atom. The van der Waals surface area contributed by atoms with Gasteiger partial charge < -0.3 is 10.5 Å². The first kappa shape index (κ1) is 15.4. The molecule has 0 amide bonds. The summed E-state index contributed by atoms with van der Waals surface area (Å²) in [7, 11) is 0. The summed E-state index contributed by atoms with van der Waals surface area (Å²) in [5, 5.41) is 0. The summed E-state index contributed by atoms with van der Waals surface area (Å²) < 4.78 is 6.11. The largest absolute Gasteiger partial charge is 0.374 e. The molecule has 2 fully saturated rings. The number of nitrogens with two attached hydrogens (primary N) is 1. The fourth-order valence-corrected chi connectivity index (χ4v) is 5.00. The zero-order valence-corrected chi connectivity index (χ0v) is 13.8. The van der Waals surface area contributed by atoms with E-state index in [0.29, 0.717) is 12.0 Å². The molecule has 0 radical (unpaired) electrons. The summed E-state index contributed by atoms with van der Waals surface area (Å²) in [6.45, 7) is 3.04. The van der Waals surface area contributed by atoms with Crippen molar-refractivity contribution in [3.63, 3.8) is 0 Å². The molecule has 1 spiro atoms. The van der Waals surface area contributed by atoms with E-state index in [-0.39, 0.29) is 5.60 Å². The molecule has 3 rings (SSSR count). The Balaban J connectivity index is 1.52. The molecular formula is C18H27NOS. The second-order valence-corrected chi connectivity index (χ2v) is 7.88. The SMILES string of the molecule is Cc1ccc(CCC(N)C2CCOC3(CCSC3)C2)cc1. The Labute approximate surface area is 132 Å². The van der Waals surface area contributed by atoms with Gasteiger partial charge in [0.1, 0.15) is 0 Å². The molecule has 2 aliphatic rings. The Hall–Kier alpha value is -0.510. The predicted molar refractivity (Wildman–Crippen MR) is 90.8 cm³/mol. The molecule has 2 saturated heterocycles. The van der Waals surface area contributed by atoms with Gasteiger partial charge in [0.05, 0.1) is 5.60 Å². The van der Waals surface area contributed by atoms with Gasteiger partial charge in [-0.15, -0.1) is 0 Å². The minimum atomic E-state index is 0.162. The molecule has 3 heteroatoms. The van der Waals surface area contributed by atoms with E-state index in [4.69, 9.17) is 10.5 Å². The molecule has 0 aromatic heterocycles. The highest BCUT2D eigenvalue weighted by Crippen LogP contribution is 2.41. The molecule has 0 saturated carbocycles. The van der Waals surface area contributed by atoms with Crippen molar-refractivity contribution in [1.82, 2.24) is 0 Å². The van der Waals surface area contributed by atoms with Crippen LogP contribution in [0.3, 0.4) is 0 Å². The van der Waals surface area contributed by atoms with Gasteiger partial charge in [0, 0.05) is 18.4 Å². The highest BCUT2D eigenvalue weighted by Gasteiger charge is 2.41. The molecule has 2 N–H and O–H groups in total. The van der Waals surface area contributed by atoms with E-state index in [1.54, 1.807) is 0 Å². The average molecular weight is 305 g/mol. The number of hydrogen-bond acceptors (Lipinski definition) is 3. The van der Waals surface area contributed by atoms with E-state index in [2.05, 4.69) is 31.2 Å². The first-order chi connectivity index (χ1) is 10.2. The third-order valence-corrected chi connectivity index (χ3v) is 6.31. The Morgan fingerprint density at radius 1 is 1.38 bits per heavy atom. The maximum absolute atomic E-state index is 6.51. The van der Waals surface area contributed by atoms with Crippen LogP contribution < -0.4 is 5.73 Å². The second kappa shape index (κ2) is 6.72. The monoisotopic (exact) mass is 305 g/mol. The van der Waals surface area contributed by atoms with Crippen molar-refractivity contribution in [3.05, 3.63) is 35.4 Å². The summed E-state index contributed by atoms with van der Waals surface area (Å²) in [5.41, 5.74) is 9.41. The summed E-state index contributed by atoms with van der Waals surface area (Å²) in [5.74, 6) is 3.07. The van der Waals surface area contributed by atoms with Gasteiger partial charge in [-0.2, -0.15) is 11.8 Å². The lowest BCUT2D eigenvalue weighted by atomic mass is 9.80. The quantitative estimate of drug-likeness (QED) is 0.924. The molecule has 0 aliphatic carbocycles. The maximum atomic E-state index is 6.51. The number of ether oxygens (including phenoxy) is 1. The second-order valence-electron chi connectivity index (χ2n) is 6.78. The van der Waals surface area contributed by atoms with Gasteiger partial charge in [0.15, 0.2) is 0 Å². The molecule has 2 heterocycles. The van der Waals surface area contributed by atoms with Crippen molar-refractivity contribution in [2.24, 2.45) is 11.7 Å². The minimum absolute atomic E-state index is 0.162. The fourth-order valence-electron chi connectivity index (χ4n) is 3.62. The van der Waals surface area contributed by atoms with Crippen LogP contribution in [-0.4, -0.2) is 29.8 Å². The number of rotatable bonds is 4. The molecule has 21 heavy (non-hydrogen) atoms. The lowest BCUT2D eigenvalue weighted by molar-refractivity contribution is -0.0834. The predicted octanol–water partition coefficient (Wildman–Crippen LogP) is 3.56. The van der Waals surface area contributed by atoms with Crippen LogP contribution in [-0.2, 0) is 11.2 Å². The summed E-state index contributed by atoms with van der Waals surface area (Å²) in [6.07, 6.45) is 5.73. The first-order valence-corrected chi connectivity index (χ1v) is 9.35. The van der Waals surface area contributed by atoms with Gasteiger partial charge in [-0.3, -0.25) is 0 Å². The van der Waals surface area contributed by atoms with Crippen molar-refractivity contribution in [1.29, 1.82) is 0 Å². The Bertz CT molecular complexity index is 453. The van der Waals surface area contributed by atoms with Crippen LogP contribution in [0.2, 0.25) is 0 Å². The number of aryl methyl sites for hydroxylation is 2. The van der Waals surface area contributed by atoms with Crippen LogP contribution in [0.15, 0.2) is 24.3 Å². The standard InChI is InChI=1S/C18H27NOS/c1-14-2-4-15(5-3-14)6-7-17(19)16-8-10-20-18(12-16)9-11-21-13-18/h2-5,16-17H,6-13,19H2,1H3. The highest BCUT2D eigenvalue weighted by molar-refractivity contribution is 7.99. The Morgan fingerprint density at radius 2 is 2.19 bits per heavy atom. The molecule has 3 atom stereocenters. The number of hydrogen-bond donors (Lipinski definition) is 1.